The zero-order valence-corrected chi connectivity index (χ0v) is 18.9. The Labute approximate surface area is 186 Å². The van der Waals surface area contributed by atoms with Gasteiger partial charge in [0, 0.05) is 24.3 Å². The van der Waals surface area contributed by atoms with Crippen LogP contribution >= 0.6 is 11.8 Å². The molecular formula is C22H28N6O2S. The van der Waals surface area contributed by atoms with E-state index in [1.54, 1.807) is 0 Å². The molecule has 2 saturated carbocycles. The van der Waals surface area contributed by atoms with Crippen LogP contribution in [0.2, 0.25) is 0 Å². The van der Waals surface area contributed by atoms with Gasteiger partial charge in [0.15, 0.2) is 5.16 Å². The molecule has 164 valence electrons. The molecule has 8 nitrogen and oxygen atoms in total. The maximum Gasteiger partial charge on any atom is 0.235 e. The van der Waals surface area contributed by atoms with Gasteiger partial charge >= 0.3 is 0 Å². The monoisotopic (exact) mass is 440 g/mol. The normalized spacial score (nSPS) is 20.7. The predicted octanol–water partition coefficient (Wildman–Crippen LogP) is 3.69. The fourth-order valence-corrected chi connectivity index (χ4v) is 5.14. The smallest absolute Gasteiger partial charge is 0.235 e. The number of carbonyl (C=O) groups excluding carboxylic acids is 1. The number of nitriles is 1. The van der Waals surface area contributed by atoms with Crippen LogP contribution in [0.3, 0.4) is 0 Å². The van der Waals surface area contributed by atoms with E-state index < -0.39 is 0 Å². The van der Waals surface area contributed by atoms with Crippen LogP contribution in [-0.2, 0) is 16.1 Å². The molecule has 5 rings (SSSR count). The van der Waals surface area contributed by atoms with Gasteiger partial charge in [0.25, 0.3) is 0 Å². The lowest BCUT2D eigenvalue weighted by Crippen LogP contribution is -2.22. The Morgan fingerprint density at radius 1 is 1.26 bits per heavy atom. The van der Waals surface area contributed by atoms with Gasteiger partial charge in [0.05, 0.1) is 24.0 Å². The van der Waals surface area contributed by atoms with Crippen molar-refractivity contribution in [3.8, 4) is 6.07 Å². The van der Waals surface area contributed by atoms with Crippen LogP contribution in [0.15, 0.2) is 5.16 Å². The van der Waals surface area contributed by atoms with Crippen molar-refractivity contribution in [1.29, 1.82) is 5.26 Å². The molecule has 2 aromatic rings. The van der Waals surface area contributed by atoms with Crippen LogP contribution in [0.1, 0.15) is 73.1 Å². The Hall–Kier alpha value is -2.31. The average Bonchev–Trinajstić information content (AvgIpc) is 3.68. The van der Waals surface area contributed by atoms with Crippen molar-refractivity contribution < 1.29 is 9.53 Å². The molecule has 0 aromatic carbocycles. The number of carbonyl (C=O) groups is 1. The molecule has 0 bridgehead atoms. The zero-order chi connectivity index (χ0) is 21.5. The van der Waals surface area contributed by atoms with Gasteiger partial charge in [-0.25, -0.2) is 0 Å². The standard InChI is InChI=1S/C22H28N6O2S/c1-13-14(2)27(11-17-4-3-9-30-17)21(18(13)10-23)24-19(29)12-31-22-26-25-20(15-5-6-15)28(22)16-7-8-16/h15-17H,3-9,11-12H2,1-2H3,(H,24,29). The summed E-state index contributed by atoms with van der Waals surface area (Å²) >= 11 is 1.43. The molecule has 2 aliphatic carbocycles. The van der Waals surface area contributed by atoms with Crippen molar-refractivity contribution >= 4 is 23.5 Å². The van der Waals surface area contributed by atoms with E-state index in [1.165, 1.54) is 37.4 Å². The molecule has 1 aliphatic heterocycles. The van der Waals surface area contributed by atoms with Crippen LogP contribution in [0, 0.1) is 25.2 Å². The summed E-state index contributed by atoms with van der Waals surface area (Å²) in [6.45, 7) is 5.35. The minimum atomic E-state index is -0.133. The average molecular weight is 441 g/mol. The number of anilines is 1. The van der Waals surface area contributed by atoms with Gasteiger partial charge in [-0.15, -0.1) is 10.2 Å². The Kier molecular flexibility index (Phi) is 5.52. The van der Waals surface area contributed by atoms with E-state index in [-0.39, 0.29) is 17.8 Å². The van der Waals surface area contributed by atoms with E-state index in [0.717, 1.165) is 41.7 Å². The summed E-state index contributed by atoms with van der Waals surface area (Å²) in [6.07, 6.45) is 6.89. The Morgan fingerprint density at radius 2 is 2.06 bits per heavy atom. The number of hydrogen-bond acceptors (Lipinski definition) is 6. The summed E-state index contributed by atoms with van der Waals surface area (Å²) in [7, 11) is 0. The molecule has 2 aromatic heterocycles. The summed E-state index contributed by atoms with van der Waals surface area (Å²) in [5, 5.41) is 22.3. The number of nitrogens with zero attached hydrogens (tertiary/aromatic N) is 5. The second-order valence-electron chi connectivity index (χ2n) is 8.84. The van der Waals surface area contributed by atoms with E-state index in [4.69, 9.17) is 4.74 Å². The first kappa shape index (κ1) is 20.6. The molecule has 0 radical (unpaired) electrons. The van der Waals surface area contributed by atoms with Crippen LogP contribution in [0.4, 0.5) is 5.82 Å². The van der Waals surface area contributed by atoms with Crippen molar-refractivity contribution in [3.05, 3.63) is 22.6 Å². The topological polar surface area (TPSA) is 97.8 Å². The number of aromatic nitrogens is 4. The number of hydrogen-bond donors (Lipinski definition) is 1. The Balaban J connectivity index is 1.30. The second-order valence-corrected chi connectivity index (χ2v) is 9.79. The van der Waals surface area contributed by atoms with Crippen molar-refractivity contribution in [1.82, 2.24) is 19.3 Å². The van der Waals surface area contributed by atoms with E-state index >= 15 is 0 Å². The fraction of sp³-hybridized carbons (Fsp3) is 0.636. The van der Waals surface area contributed by atoms with Gasteiger partial charge in [-0.05, 0) is 57.9 Å². The summed E-state index contributed by atoms with van der Waals surface area (Å²) in [5.74, 6) is 2.33. The SMILES string of the molecule is Cc1c(C#N)c(NC(=O)CSc2nnc(C3CC3)n2C2CC2)n(CC2CCCO2)c1C. The lowest BCUT2D eigenvalue weighted by atomic mass is 10.2. The molecule has 1 N–H and O–H groups in total. The molecule has 3 heterocycles. The number of rotatable bonds is 8. The largest absolute Gasteiger partial charge is 0.376 e. The summed E-state index contributed by atoms with van der Waals surface area (Å²) < 4.78 is 10.1. The van der Waals surface area contributed by atoms with Gasteiger partial charge < -0.3 is 19.2 Å². The van der Waals surface area contributed by atoms with Crippen LogP contribution in [-0.4, -0.2) is 43.7 Å². The van der Waals surface area contributed by atoms with E-state index in [0.29, 0.717) is 29.9 Å². The highest BCUT2D eigenvalue weighted by molar-refractivity contribution is 7.99. The summed E-state index contributed by atoms with van der Waals surface area (Å²) in [4.78, 5) is 12.9. The van der Waals surface area contributed by atoms with E-state index in [2.05, 4.69) is 26.2 Å². The van der Waals surface area contributed by atoms with Gasteiger partial charge in [-0.3, -0.25) is 4.79 Å². The molecule has 1 amide bonds. The minimum absolute atomic E-state index is 0.125. The zero-order valence-electron chi connectivity index (χ0n) is 18.1. The van der Waals surface area contributed by atoms with Crippen LogP contribution in [0.25, 0.3) is 0 Å². The first-order chi connectivity index (χ1) is 15.1. The Morgan fingerprint density at radius 3 is 2.71 bits per heavy atom. The second kappa shape index (κ2) is 8.32. The maximum atomic E-state index is 12.9. The van der Waals surface area contributed by atoms with Crippen LogP contribution < -0.4 is 5.32 Å². The number of ether oxygens (including phenoxy) is 1. The first-order valence-corrected chi connectivity index (χ1v) is 12.1. The third kappa shape index (κ3) is 4.11. The molecule has 1 unspecified atom stereocenters. The van der Waals surface area contributed by atoms with Gasteiger partial charge in [-0.2, -0.15) is 5.26 Å². The molecule has 9 heteroatoms. The van der Waals surface area contributed by atoms with E-state index in [9.17, 15) is 10.1 Å². The molecule has 1 saturated heterocycles. The highest BCUT2D eigenvalue weighted by atomic mass is 32.2. The number of amides is 1. The lowest BCUT2D eigenvalue weighted by molar-refractivity contribution is -0.113. The van der Waals surface area contributed by atoms with E-state index in [1.807, 2.05) is 18.4 Å². The first-order valence-electron chi connectivity index (χ1n) is 11.2. The minimum Gasteiger partial charge on any atom is -0.376 e. The van der Waals surface area contributed by atoms with Gasteiger partial charge in [0.2, 0.25) is 5.91 Å². The van der Waals surface area contributed by atoms with Crippen molar-refractivity contribution in [3.63, 3.8) is 0 Å². The maximum absolute atomic E-state index is 12.9. The number of nitrogens with one attached hydrogen (secondary N) is 1. The van der Waals surface area contributed by atoms with Crippen molar-refractivity contribution in [2.45, 2.75) is 82.1 Å². The highest BCUT2D eigenvalue weighted by Crippen LogP contribution is 2.46. The molecule has 3 fully saturated rings. The molecule has 1 atom stereocenters. The van der Waals surface area contributed by atoms with Crippen molar-refractivity contribution in [2.75, 3.05) is 17.7 Å². The molecule has 0 spiro atoms. The summed E-state index contributed by atoms with van der Waals surface area (Å²) in [5.41, 5.74) is 2.44. The highest BCUT2D eigenvalue weighted by Gasteiger charge is 2.36. The van der Waals surface area contributed by atoms with Gasteiger partial charge in [0.1, 0.15) is 17.7 Å². The quantitative estimate of drug-likeness (QED) is 0.629. The molecule has 3 aliphatic rings. The molecular weight excluding hydrogens is 412 g/mol. The molecule has 31 heavy (non-hydrogen) atoms. The fourth-order valence-electron chi connectivity index (χ4n) is 4.33. The third-order valence-electron chi connectivity index (χ3n) is 6.49. The third-order valence-corrected chi connectivity index (χ3v) is 7.43. The van der Waals surface area contributed by atoms with Gasteiger partial charge in [-0.1, -0.05) is 11.8 Å². The Bertz CT molecular complexity index is 1040. The number of thioether (sulfide) groups is 1. The lowest BCUT2D eigenvalue weighted by Gasteiger charge is -2.17. The van der Waals surface area contributed by atoms with Crippen LogP contribution in [0.5, 0.6) is 0 Å². The van der Waals surface area contributed by atoms with Crippen molar-refractivity contribution in [2.24, 2.45) is 0 Å². The summed E-state index contributed by atoms with van der Waals surface area (Å²) in [6, 6.07) is 2.77. The predicted molar refractivity (Wildman–Crippen MR) is 117 cm³/mol.